The number of carboxylic acids is 1. The lowest BCUT2D eigenvalue weighted by Gasteiger charge is -2.39. The van der Waals surface area contributed by atoms with Gasteiger partial charge in [0.1, 0.15) is 6.04 Å². The number of aliphatic carboxylic acids is 1. The molecule has 0 amide bonds. The number of carbonyl (C=O) groups is 1. The third-order valence-corrected chi connectivity index (χ3v) is 3.26. The molecule has 0 aromatic rings. The van der Waals surface area contributed by atoms with Crippen LogP contribution in [-0.2, 0) is 4.79 Å². The normalized spacial score (nSPS) is 28.9. The molecule has 0 saturated carbocycles. The van der Waals surface area contributed by atoms with Crippen molar-refractivity contribution < 1.29 is 15.0 Å². The molecule has 1 aliphatic rings. The van der Waals surface area contributed by atoms with Crippen LogP contribution in [0.4, 0.5) is 0 Å². The largest absolute Gasteiger partial charge is 0.480 e. The Hall–Kier alpha value is -0.610. The average Bonchev–Trinajstić information content (AvgIpc) is 2.16. The predicted octanol–water partition coefficient (Wildman–Crippen LogP) is 1.48. The first-order valence-electron chi connectivity index (χ1n) is 6.15. The topological polar surface area (TPSA) is 60.8 Å². The quantitative estimate of drug-likeness (QED) is 0.749. The molecular weight excluding hydrogens is 206 g/mol. The monoisotopic (exact) mass is 229 g/mol. The summed E-state index contributed by atoms with van der Waals surface area (Å²) in [5.74, 6) is -0.758. The summed E-state index contributed by atoms with van der Waals surface area (Å²) in [5.41, 5.74) is -0.724. The van der Waals surface area contributed by atoms with E-state index in [9.17, 15) is 15.0 Å². The minimum Gasteiger partial charge on any atom is -0.480 e. The van der Waals surface area contributed by atoms with Gasteiger partial charge in [-0.25, -0.2) is 0 Å². The first kappa shape index (κ1) is 13.5. The molecule has 0 radical (unpaired) electrons. The molecule has 0 bridgehead atoms. The molecule has 1 saturated heterocycles. The van der Waals surface area contributed by atoms with E-state index in [2.05, 4.69) is 6.92 Å². The van der Waals surface area contributed by atoms with Crippen LogP contribution in [0.15, 0.2) is 0 Å². The van der Waals surface area contributed by atoms with Crippen molar-refractivity contribution in [3.63, 3.8) is 0 Å². The van der Waals surface area contributed by atoms with E-state index in [1.165, 1.54) is 0 Å². The Morgan fingerprint density at radius 1 is 1.56 bits per heavy atom. The summed E-state index contributed by atoms with van der Waals surface area (Å²) < 4.78 is 0. The summed E-state index contributed by atoms with van der Waals surface area (Å²) in [5, 5.41) is 19.2. The van der Waals surface area contributed by atoms with Crippen LogP contribution in [0.1, 0.15) is 46.0 Å². The van der Waals surface area contributed by atoms with Crippen molar-refractivity contribution in [2.75, 3.05) is 13.1 Å². The van der Waals surface area contributed by atoms with Gasteiger partial charge in [-0.3, -0.25) is 9.69 Å². The highest BCUT2D eigenvalue weighted by molar-refractivity contribution is 5.73. The van der Waals surface area contributed by atoms with Gasteiger partial charge in [-0.1, -0.05) is 19.8 Å². The fourth-order valence-electron chi connectivity index (χ4n) is 2.38. The smallest absolute Gasteiger partial charge is 0.320 e. The van der Waals surface area contributed by atoms with E-state index in [0.717, 1.165) is 32.2 Å². The van der Waals surface area contributed by atoms with Gasteiger partial charge in [-0.2, -0.15) is 0 Å². The van der Waals surface area contributed by atoms with Gasteiger partial charge in [0.15, 0.2) is 0 Å². The van der Waals surface area contributed by atoms with Crippen LogP contribution in [-0.4, -0.2) is 45.8 Å². The molecule has 0 aromatic carbocycles. The van der Waals surface area contributed by atoms with Gasteiger partial charge >= 0.3 is 5.97 Å². The Kier molecular flexibility index (Phi) is 4.74. The molecular formula is C12H23NO3. The first-order valence-corrected chi connectivity index (χ1v) is 6.15. The number of nitrogens with zero attached hydrogens (tertiary/aromatic N) is 1. The van der Waals surface area contributed by atoms with Crippen molar-refractivity contribution in [1.82, 2.24) is 4.90 Å². The number of unbranched alkanes of at least 4 members (excludes halogenated alkanes) is 1. The Bertz CT molecular complexity index is 240. The van der Waals surface area contributed by atoms with Crippen LogP contribution in [0, 0.1) is 0 Å². The summed E-state index contributed by atoms with van der Waals surface area (Å²) >= 11 is 0. The molecule has 0 spiro atoms. The van der Waals surface area contributed by atoms with Crippen LogP contribution in [0.2, 0.25) is 0 Å². The van der Waals surface area contributed by atoms with Crippen LogP contribution in [0.25, 0.3) is 0 Å². The van der Waals surface area contributed by atoms with Gasteiger partial charge in [0.25, 0.3) is 0 Å². The Labute approximate surface area is 97.3 Å². The third kappa shape index (κ3) is 3.76. The molecule has 2 atom stereocenters. The van der Waals surface area contributed by atoms with Crippen molar-refractivity contribution in [1.29, 1.82) is 0 Å². The molecule has 0 aromatic heterocycles. The van der Waals surface area contributed by atoms with Crippen molar-refractivity contribution in [3.8, 4) is 0 Å². The second kappa shape index (κ2) is 5.64. The van der Waals surface area contributed by atoms with E-state index < -0.39 is 17.6 Å². The summed E-state index contributed by atoms with van der Waals surface area (Å²) in [6, 6.07) is -0.424. The predicted molar refractivity (Wildman–Crippen MR) is 62.4 cm³/mol. The summed E-state index contributed by atoms with van der Waals surface area (Å²) in [4.78, 5) is 13.1. The third-order valence-electron chi connectivity index (χ3n) is 3.26. The highest BCUT2D eigenvalue weighted by Crippen LogP contribution is 2.23. The van der Waals surface area contributed by atoms with Crippen LogP contribution >= 0.6 is 0 Å². The molecule has 1 aliphatic heterocycles. The Morgan fingerprint density at radius 2 is 2.25 bits per heavy atom. The number of hydrogen-bond donors (Lipinski definition) is 2. The molecule has 1 fully saturated rings. The molecule has 1 rings (SSSR count). The second-order valence-electron chi connectivity index (χ2n) is 5.07. The second-order valence-corrected chi connectivity index (χ2v) is 5.07. The minimum atomic E-state index is -0.758. The number of hydrogen-bond acceptors (Lipinski definition) is 3. The van der Waals surface area contributed by atoms with Gasteiger partial charge in [-0.15, -0.1) is 0 Å². The molecule has 0 aliphatic carbocycles. The van der Waals surface area contributed by atoms with Crippen LogP contribution in [0.3, 0.4) is 0 Å². The molecule has 16 heavy (non-hydrogen) atoms. The number of likely N-dealkylation sites (tertiary alicyclic amines) is 1. The van der Waals surface area contributed by atoms with Gasteiger partial charge in [-0.05, 0) is 32.7 Å². The lowest BCUT2D eigenvalue weighted by molar-refractivity contribution is -0.146. The summed E-state index contributed by atoms with van der Waals surface area (Å²) in [6.45, 7) is 5.12. The van der Waals surface area contributed by atoms with Crippen molar-refractivity contribution in [3.05, 3.63) is 0 Å². The standard InChI is InChI=1S/C12H23NO3/c1-3-4-6-10(11(14)15)13-8-5-7-12(2,16)9-13/h10,16H,3-9H2,1-2H3,(H,14,15). The highest BCUT2D eigenvalue weighted by atomic mass is 16.4. The van der Waals surface area contributed by atoms with Crippen molar-refractivity contribution in [2.24, 2.45) is 0 Å². The first-order chi connectivity index (χ1) is 7.46. The SMILES string of the molecule is CCCCC(C(=O)O)N1CCCC(C)(O)C1. The fourth-order valence-corrected chi connectivity index (χ4v) is 2.38. The molecule has 94 valence electrons. The van der Waals surface area contributed by atoms with Gasteiger partial charge < -0.3 is 10.2 Å². The summed E-state index contributed by atoms with van der Waals surface area (Å²) in [7, 11) is 0. The van der Waals surface area contributed by atoms with E-state index in [4.69, 9.17) is 0 Å². The molecule has 2 N–H and O–H groups in total. The minimum absolute atomic E-state index is 0.424. The number of piperidine rings is 1. The maximum Gasteiger partial charge on any atom is 0.320 e. The van der Waals surface area contributed by atoms with Crippen molar-refractivity contribution >= 4 is 5.97 Å². The number of β-amino-alcohol motifs (C(OH)–C–C–N with tert-alkyl or cyclic N) is 1. The maximum atomic E-state index is 11.2. The van der Waals surface area contributed by atoms with Crippen LogP contribution < -0.4 is 0 Å². The average molecular weight is 229 g/mol. The zero-order valence-corrected chi connectivity index (χ0v) is 10.3. The highest BCUT2D eigenvalue weighted by Gasteiger charge is 2.34. The summed E-state index contributed by atoms with van der Waals surface area (Å²) in [6.07, 6.45) is 4.26. The number of rotatable bonds is 5. The molecule has 2 unspecified atom stereocenters. The number of aliphatic hydroxyl groups is 1. The zero-order valence-electron chi connectivity index (χ0n) is 10.3. The Morgan fingerprint density at radius 3 is 2.75 bits per heavy atom. The van der Waals surface area contributed by atoms with E-state index in [1.54, 1.807) is 6.92 Å². The molecule has 4 nitrogen and oxygen atoms in total. The van der Waals surface area contributed by atoms with Crippen LogP contribution in [0.5, 0.6) is 0 Å². The Balaban J connectivity index is 2.59. The fraction of sp³-hybridized carbons (Fsp3) is 0.917. The van der Waals surface area contributed by atoms with E-state index in [1.807, 2.05) is 4.90 Å². The van der Waals surface area contributed by atoms with Gasteiger partial charge in [0.2, 0.25) is 0 Å². The van der Waals surface area contributed by atoms with E-state index in [-0.39, 0.29) is 0 Å². The van der Waals surface area contributed by atoms with Gasteiger partial charge in [0, 0.05) is 6.54 Å². The number of carboxylic acid groups (broad SMARTS) is 1. The van der Waals surface area contributed by atoms with Crippen molar-refractivity contribution in [2.45, 2.75) is 57.6 Å². The lowest BCUT2D eigenvalue weighted by Crippen LogP contribution is -2.52. The van der Waals surface area contributed by atoms with E-state index in [0.29, 0.717) is 13.0 Å². The molecule has 1 heterocycles. The molecule has 4 heteroatoms. The zero-order chi connectivity index (χ0) is 12.2. The van der Waals surface area contributed by atoms with Gasteiger partial charge in [0.05, 0.1) is 5.60 Å². The van der Waals surface area contributed by atoms with E-state index >= 15 is 0 Å². The maximum absolute atomic E-state index is 11.2. The lowest BCUT2D eigenvalue weighted by atomic mass is 9.93.